The van der Waals surface area contributed by atoms with Crippen LogP contribution in [0.4, 0.5) is 23.2 Å². The summed E-state index contributed by atoms with van der Waals surface area (Å²) in [6, 6.07) is 8.50. The second-order valence-corrected chi connectivity index (χ2v) is 11.7. The summed E-state index contributed by atoms with van der Waals surface area (Å²) >= 11 is 0. The lowest BCUT2D eigenvalue weighted by Crippen LogP contribution is -2.49. The zero-order valence-corrected chi connectivity index (χ0v) is 19.5. The molecule has 0 N–H and O–H groups in total. The summed E-state index contributed by atoms with van der Waals surface area (Å²) in [5.74, 6) is -0.633. The predicted molar refractivity (Wildman–Crippen MR) is 115 cm³/mol. The van der Waals surface area contributed by atoms with Crippen LogP contribution in [0.2, 0.25) is 0 Å². The van der Waals surface area contributed by atoms with E-state index in [1.54, 1.807) is 11.0 Å². The van der Waals surface area contributed by atoms with Crippen molar-refractivity contribution < 1.29 is 34.4 Å². The first kappa shape index (κ1) is 25.4. The predicted octanol–water partition coefficient (Wildman–Crippen LogP) is 2.75. The summed E-state index contributed by atoms with van der Waals surface area (Å²) in [5.41, 5.74) is -0.919. The molecule has 2 aromatic carbocycles. The van der Waals surface area contributed by atoms with Crippen LogP contribution in [0.5, 0.6) is 0 Å². The third-order valence-electron chi connectivity index (χ3n) is 5.41. The molecule has 0 aromatic heterocycles. The van der Waals surface area contributed by atoms with Gasteiger partial charge in [0.2, 0.25) is 20.0 Å². The van der Waals surface area contributed by atoms with E-state index < -0.39 is 42.5 Å². The lowest BCUT2D eigenvalue weighted by molar-refractivity contribution is -0.139. The van der Waals surface area contributed by atoms with E-state index in [2.05, 4.69) is 0 Å². The van der Waals surface area contributed by atoms with E-state index in [9.17, 15) is 30.0 Å². The van der Waals surface area contributed by atoms with Crippen molar-refractivity contribution in [1.82, 2.24) is 8.61 Å². The minimum Gasteiger partial charge on any atom is -0.367 e. The Balaban J connectivity index is 1.79. The molecule has 0 atom stereocenters. The number of nitrogens with zero attached hydrogens (tertiary/aromatic N) is 3. The van der Waals surface area contributed by atoms with Crippen LogP contribution >= 0.6 is 0 Å². The van der Waals surface area contributed by atoms with Crippen molar-refractivity contribution in [3.8, 4) is 0 Å². The molecule has 0 amide bonds. The van der Waals surface area contributed by atoms with Gasteiger partial charge in [-0.15, -0.1) is 0 Å². The van der Waals surface area contributed by atoms with Gasteiger partial charge in [-0.2, -0.15) is 17.5 Å². The fourth-order valence-corrected chi connectivity index (χ4v) is 5.53. The topological polar surface area (TPSA) is 78.0 Å². The Hall–Kier alpha value is -2.22. The number of anilines is 1. The Kier molecular flexibility index (Phi) is 7.08. The summed E-state index contributed by atoms with van der Waals surface area (Å²) in [6.45, 7) is -0.352. The summed E-state index contributed by atoms with van der Waals surface area (Å²) in [5, 5.41) is 0. The summed E-state index contributed by atoms with van der Waals surface area (Å²) in [4.78, 5) is 0.768. The molecular formula is C20H23F4N3O4S2. The maximum absolute atomic E-state index is 15.1. The van der Waals surface area contributed by atoms with Crippen LogP contribution in [0, 0.1) is 5.82 Å². The first-order valence-electron chi connectivity index (χ1n) is 9.83. The van der Waals surface area contributed by atoms with Crippen molar-refractivity contribution in [3.63, 3.8) is 0 Å². The number of hydrogen-bond acceptors (Lipinski definition) is 5. The molecular weight excluding hydrogens is 486 g/mol. The first-order chi connectivity index (χ1) is 15.2. The van der Waals surface area contributed by atoms with E-state index in [0.717, 1.165) is 33.1 Å². The second-order valence-electron chi connectivity index (χ2n) is 7.65. The van der Waals surface area contributed by atoms with E-state index in [-0.39, 0.29) is 44.0 Å². The zero-order valence-electron chi connectivity index (χ0n) is 17.9. The molecule has 1 fully saturated rings. The third kappa shape index (κ3) is 5.48. The molecule has 33 heavy (non-hydrogen) atoms. The highest BCUT2D eigenvalue weighted by atomic mass is 32.2. The molecule has 1 aliphatic rings. The monoisotopic (exact) mass is 509 g/mol. The Morgan fingerprint density at radius 1 is 0.939 bits per heavy atom. The number of benzene rings is 2. The van der Waals surface area contributed by atoms with Crippen molar-refractivity contribution in [2.45, 2.75) is 17.6 Å². The lowest BCUT2D eigenvalue weighted by Gasteiger charge is -2.36. The number of rotatable bonds is 6. The number of hydrogen-bond donors (Lipinski definition) is 0. The first-order valence-corrected chi connectivity index (χ1v) is 13.1. The minimum atomic E-state index is -4.83. The standard InChI is InChI=1S/C20H23F4N3O4S2/c1-25(32(2,28)29)14-15-6-5-8-17(19(15)21)26-10-12-27(13-11-26)33(30,31)18-9-4-3-7-16(18)20(22,23)24/h3-9H,10-14H2,1-2H3. The molecule has 182 valence electrons. The maximum Gasteiger partial charge on any atom is 0.417 e. The SMILES string of the molecule is CN(Cc1cccc(N2CCN(S(=O)(=O)c3ccccc3C(F)(F)F)CC2)c1F)S(C)(=O)=O. The van der Waals surface area contributed by atoms with Crippen LogP contribution in [0.3, 0.4) is 0 Å². The Bertz CT molecular complexity index is 1230. The average Bonchev–Trinajstić information content (AvgIpc) is 2.74. The van der Waals surface area contributed by atoms with Crippen LogP contribution in [-0.4, -0.2) is 64.9 Å². The van der Waals surface area contributed by atoms with Gasteiger partial charge >= 0.3 is 6.18 Å². The smallest absolute Gasteiger partial charge is 0.367 e. The van der Waals surface area contributed by atoms with Gasteiger partial charge in [-0.1, -0.05) is 24.3 Å². The van der Waals surface area contributed by atoms with Crippen molar-refractivity contribution in [3.05, 3.63) is 59.4 Å². The van der Waals surface area contributed by atoms with Crippen molar-refractivity contribution >= 4 is 25.7 Å². The maximum atomic E-state index is 15.1. The van der Waals surface area contributed by atoms with E-state index in [1.807, 2.05) is 0 Å². The van der Waals surface area contributed by atoms with E-state index >= 15 is 4.39 Å². The molecule has 1 saturated heterocycles. The minimum absolute atomic E-state index is 0.0513. The van der Waals surface area contributed by atoms with Gasteiger partial charge in [-0.25, -0.2) is 25.5 Å². The van der Waals surface area contributed by atoms with Gasteiger partial charge in [-0.3, -0.25) is 0 Å². The molecule has 0 aliphatic carbocycles. The molecule has 2 aromatic rings. The Labute approximate surface area is 190 Å². The van der Waals surface area contributed by atoms with E-state index in [0.29, 0.717) is 0 Å². The molecule has 7 nitrogen and oxygen atoms in total. The third-order valence-corrected chi connectivity index (χ3v) is 8.63. The number of sulfonamides is 2. The normalized spacial score (nSPS) is 16.4. The highest BCUT2D eigenvalue weighted by molar-refractivity contribution is 7.89. The highest BCUT2D eigenvalue weighted by Crippen LogP contribution is 2.35. The van der Waals surface area contributed by atoms with Crippen LogP contribution in [-0.2, 0) is 32.8 Å². The molecule has 0 radical (unpaired) electrons. The Morgan fingerprint density at radius 2 is 1.55 bits per heavy atom. The molecule has 3 rings (SSSR count). The summed E-state index contributed by atoms with van der Waals surface area (Å²) in [7, 11) is -6.61. The van der Waals surface area contributed by atoms with Crippen LogP contribution in [0.1, 0.15) is 11.1 Å². The number of halogens is 4. The fraction of sp³-hybridized carbons (Fsp3) is 0.400. The summed E-state index contributed by atoms with van der Waals surface area (Å²) in [6.07, 6.45) is -3.82. The molecule has 1 heterocycles. The van der Waals surface area contributed by atoms with Crippen molar-refractivity contribution in [2.24, 2.45) is 0 Å². The number of alkyl halides is 3. The van der Waals surface area contributed by atoms with E-state index in [1.165, 1.54) is 25.2 Å². The highest BCUT2D eigenvalue weighted by Gasteiger charge is 2.39. The Morgan fingerprint density at radius 3 is 2.12 bits per heavy atom. The lowest BCUT2D eigenvalue weighted by atomic mass is 10.1. The summed E-state index contributed by atoms with van der Waals surface area (Å²) < 4.78 is 106. The molecule has 0 bridgehead atoms. The molecule has 0 spiro atoms. The quantitative estimate of drug-likeness (QED) is 0.560. The van der Waals surface area contributed by atoms with Crippen LogP contribution in [0.25, 0.3) is 0 Å². The molecule has 13 heteroatoms. The van der Waals surface area contributed by atoms with Gasteiger partial charge in [0.1, 0.15) is 0 Å². The van der Waals surface area contributed by atoms with Crippen molar-refractivity contribution in [1.29, 1.82) is 0 Å². The fourth-order valence-electron chi connectivity index (χ4n) is 3.52. The zero-order chi connectivity index (χ0) is 24.6. The van der Waals surface area contributed by atoms with Gasteiger partial charge in [0.05, 0.1) is 22.4 Å². The number of piperazine rings is 1. The second kappa shape index (κ2) is 9.20. The molecule has 0 unspecified atom stereocenters. The van der Waals surface area contributed by atoms with Gasteiger partial charge in [-0.05, 0) is 18.2 Å². The molecule has 1 aliphatic heterocycles. The van der Waals surface area contributed by atoms with Gasteiger partial charge < -0.3 is 4.90 Å². The van der Waals surface area contributed by atoms with Gasteiger partial charge in [0.15, 0.2) is 5.82 Å². The average molecular weight is 510 g/mol. The largest absolute Gasteiger partial charge is 0.417 e. The van der Waals surface area contributed by atoms with Crippen LogP contribution < -0.4 is 4.90 Å². The van der Waals surface area contributed by atoms with Crippen LogP contribution in [0.15, 0.2) is 47.4 Å². The van der Waals surface area contributed by atoms with Gasteiger partial charge in [0, 0.05) is 45.3 Å². The molecule has 0 saturated carbocycles. The van der Waals surface area contributed by atoms with E-state index in [4.69, 9.17) is 0 Å². The van der Waals surface area contributed by atoms with Crippen molar-refractivity contribution in [2.75, 3.05) is 44.4 Å². The van der Waals surface area contributed by atoms with Gasteiger partial charge in [0.25, 0.3) is 0 Å².